The summed E-state index contributed by atoms with van der Waals surface area (Å²) in [5, 5.41) is 4.71. The molecule has 1 aliphatic rings. The molecule has 1 saturated heterocycles. The molecule has 2 atom stereocenters. The Kier molecular flexibility index (Phi) is 4.57. The highest BCUT2D eigenvalue weighted by molar-refractivity contribution is 5.32. The van der Waals surface area contributed by atoms with Crippen LogP contribution >= 0.6 is 0 Å². The maximum Gasteiger partial charge on any atom is 0.153 e. The molecule has 1 aromatic carbocycles. The number of nitrogens with zero attached hydrogens (tertiary/aromatic N) is 4. The van der Waals surface area contributed by atoms with Crippen LogP contribution < -0.4 is 5.73 Å². The van der Waals surface area contributed by atoms with Gasteiger partial charge >= 0.3 is 0 Å². The van der Waals surface area contributed by atoms with Crippen molar-refractivity contribution in [3.63, 3.8) is 0 Å². The topological polar surface area (TPSA) is 60.0 Å². The first-order valence-corrected chi connectivity index (χ1v) is 9.13. The van der Waals surface area contributed by atoms with Crippen LogP contribution in [-0.2, 0) is 6.54 Å². The normalized spacial score (nSPS) is 20.6. The summed E-state index contributed by atoms with van der Waals surface area (Å²) in [4.78, 5) is 6.87. The van der Waals surface area contributed by atoms with Crippen LogP contribution in [0.4, 0.5) is 0 Å². The fourth-order valence-corrected chi connectivity index (χ4v) is 3.92. The van der Waals surface area contributed by atoms with Crippen molar-refractivity contribution in [3.05, 3.63) is 77.2 Å². The molecule has 0 saturated carbocycles. The second-order valence-electron chi connectivity index (χ2n) is 7.12. The number of aryl methyl sites for hydroxylation is 1. The predicted octanol–water partition coefficient (Wildman–Crippen LogP) is 2.81. The summed E-state index contributed by atoms with van der Waals surface area (Å²) >= 11 is 0. The minimum absolute atomic E-state index is 0.170. The summed E-state index contributed by atoms with van der Waals surface area (Å²) in [6.45, 7) is 6.97. The van der Waals surface area contributed by atoms with Crippen LogP contribution in [-0.4, -0.2) is 38.8 Å². The van der Waals surface area contributed by atoms with E-state index >= 15 is 0 Å². The van der Waals surface area contributed by atoms with Crippen LogP contribution in [0.3, 0.4) is 0 Å². The monoisotopic (exact) mass is 347 g/mol. The Labute approximate surface area is 154 Å². The number of hydrogen-bond acceptors (Lipinski definition) is 4. The first-order valence-electron chi connectivity index (χ1n) is 9.13. The average Bonchev–Trinajstić information content (AvgIpc) is 3.17. The van der Waals surface area contributed by atoms with E-state index in [-0.39, 0.29) is 6.04 Å². The molecule has 1 aliphatic heterocycles. The third-order valence-electron chi connectivity index (χ3n) is 5.36. The van der Waals surface area contributed by atoms with Crippen LogP contribution in [0.25, 0.3) is 5.82 Å². The summed E-state index contributed by atoms with van der Waals surface area (Å²) in [6, 6.07) is 16.7. The van der Waals surface area contributed by atoms with E-state index in [1.807, 2.05) is 22.9 Å². The Morgan fingerprint density at radius 1 is 1.04 bits per heavy atom. The second kappa shape index (κ2) is 7.02. The molecule has 2 N–H and O–H groups in total. The molecular weight excluding hydrogens is 322 g/mol. The number of benzene rings is 1. The molecule has 4 rings (SSSR count). The van der Waals surface area contributed by atoms with Crippen molar-refractivity contribution in [2.24, 2.45) is 5.73 Å². The van der Waals surface area contributed by atoms with Gasteiger partial charge in [-0.2, -0.15) is 5.10 Å². The number of hydrogen-bond donors (Lipinski definition) is 1. The number of pyridine rings is 1. The van der Waals surface area contributed by atoms with E-state index in [1.165, 1.54) is 11.1 Å². The quantitative estimate of drug-likeness (QED) is 0.788. The van der Waals surface area contributed by atoms with Crippen LogP contribution in [0.15, 0.2) is 54.7 Å². The lowest BCUT2D eigenvalue weighted by Crippen LogP contribution is -2.28. The zero-order valence-corrected chi connectivity index (χ0v) is 15.3. The summed E-state index contributed by atoms with van der Waals surface area (Å²) in [7, 11) is 0. The van der Waals surface area contributed by atoms with Gasteiger partial charge in [0.2, 0.25) is 0 Å². The fraction of sp³-hybridized carbons (Fsp3) is 0.333. The van der Waals surface area contributed by atoms with E-state index in [4.69, 9.17) is 10.8 Å². The standard InChI is InChI=1S/C21H25N5/c1-15-18(16(2)26(24-15)21-10-6-7-11-23-21)12-25-13-19(20(22)14-25)17-8-4-3-5-9-17/h3-11,19-20H,12-14,22H2,1-2H3/t19-,20+/m0/s1. The zero-order chi connectivity index (χ0) is 18.1. The Hall–Kier alpha value is -2.50. The summed E-state index contributed by atoms with van der Waals surface area (Å²) < 4.78 is 1.94. The van der Waals surface area contributed by atoms with Gasteiger partial charge in [0.25, 0.3) is 0 Å². The lowest BCUT2D eigenvalue weighted by Gasteiger charge is -2.16. The summed E-state index contributed by atoms with van der Waals surface area (Å²) in [5.41, 5.74) is 11.3. The molecule has 1 fully saturated rings. The summed E-state index contributed by atoms with van der Waals surface area (Å²) in [6.07, 6.45) is 1.80. The summed E-state index contributed by atoms with van der Waals surface area (Å²) in [5.74, 6) is 1.25. The van der Waals surface area contributed by atoms with Gasteiger partial charge in [-0.3, -0.25) is 4.90 Å². The molecular formula is C21H25N5. The minimum Gasteiger partial charge on any atom is -0.326 e. The smallest absolute Gasteiger partial charge is 0.153 e. The van der Waals surface area contributed by atoms with Crippen LogP contribution in [0.2, 0.25) is 0 Å². The molecule has 134 valence electrons. The van der Waals surface area contributed by atoms with Gasteiger partial charge in [-0.1, -0.05) is 36.4 Å². The molecule has 0 spiro atoms. The van der Waals surface area contributed by atoms with Crippen molar-refractivity contribution < 1.29 is 0 Å². The van der Waals surface area contributed by atoms with E-state index in [1.54, 1.807) is 6.20 Å². The van der Waals surface area contributed by atoms with E-state index in [9.17, 15) is 0 Å². The van der Waals surface area contributed by atoms with Gasteiger partial charge in [0.05, 0.1) is 5.69 Å². The third kappa shape index (κ3) is 3.16. The van der Waals surface area contributed by atoms with Crippen LogP contribution in [0.5, 0.6) is 0 Å². The number of rotatable bonds is 4. The van der Waals surface area contributed by atoms with Crippen molar-refractivity contribution in [1.29, 1.82) is 0 Å². The van der Waals surface area contributed by atoms with Crippen molar-refractivity contribution in [1.82, 2.24) is 19.7 Å². The second-order valence-corrected chi connectivity index (χ2v) is 7.12. The van der Waals surface area contributed by atoms with Crippen LogP contribution in [0, 0.1) is 13.8 Å². The largest absolute Gasteiger partial charge is 0.326 e. The first-order chi connectivity index (χ1) is 12.6. The third-order valence-corrected chi connectivity index (χ3v) is 5.36. The van der Waals surface area contributed by atoms with Crippen molar-refractivity contribution in [2.45, 2.75) is 32.4 Å². The van der Waals surface area contributed by atoms with Gasteiger partial charge in [-0.15, -0.1) is 0 Å². The molecule has 0 unspecified atom stereocenters. The van der Waals surface area contributed by atoms with Gasteiger partial charge < -0.3 is 5.73 Å². The molecule has 5 nitrogen and oxygen atoms in total. The lowest BCUT2D eigenvalue weighted by molar-refractivity contribution is 0.322. The molecule has 0 amide bonds. The predicted molar refractivity (Wildman–Crippen MR) is 103 cm³/mol. The number of nitrogens with two attached hydrogens (primary N) is 1. The Bertz CT molecular complexity index is 872. The molecule has 0 aliphatic carbocycles. The minimum atomic E-state index is 0.170. The van der Waals surface area contributed by atoms with Gasteiger partial charge in [-0.05, 0) is 31.5 Å². The van der Waals surface area contributed by atoms with Crippen molar-refractivity contribution in [3.8, 4) is 5.82 Å². The average molecular weight is 347 g/mol. The Morgan fingerprint density at radius 2 is 1.81 bits per heavy atom. The molecule has 26 heavy (non-hydrogen) atoms. The fourth-order valence-electron chi connectivity index (χ4n) is 3.92. The first kappa shape index (κ1) is 16.9. The molecule has 3 heterocycles. The van der Waals surface area contributed by atoms with Gasteiger partial charge in [-0.25, -0.2) is 9.67 Å². The highest BCUT2D eigenvalue weighted by Crippen LogP contribution is 2.28. The SMILES string of the molecule is Cc1nn(-c2ccccn2)c(C)c1CN1C[C@@H](N)[C@H](c2ccccc2)C1. The maximum atomic E-state index is 6.45. The maximum absolute atomic E-state index is 6.45. The molecule has 0 radical (unpaired) electrons. The van der Waals surface area contributed by atoms with Crippen molar-refractivity contribution >= 4 is 0 Å². The van der Waals surface area contributed by atoms with Crippen LogP contribution in [0.1, 0.15) is 28.4 Å². The van der Waals surface area contributed by atoms with E-state index < -0.39 is 0 Å². The number of aromatic nitrogens is 3. The Morgan fingerprint density at radius 3 is 2.54 bits per heavy atom. The molecule has 0 bridgehead atoms. The van der Waals surface area contributed by atoms with Gasteiger partial charge in [0, 0.05) is 49.0 Å². The zero-order valence-electron chi connectivity index (χ0n) is 15.3. The highest BCUT2D eigenvalue weighted by atomic mass is 15.3. The van der Waals surface area contributed by atoms with E-state index in [2.05, 4.69) is 54.1 Å². The Balaban J connectivity index is 1.54. The molecule has 3 aromatic rings. The molecule has 2 aromatic heterocycles. The van der Waals surface area contributed by atoms with Gasteiger partial charge in [0.15, 0.2) is 5.82 Å². The molecule has 5 heteroatoms. The highest BCUT2D eigenvalue weighted by Gasteiger charge is 2.32. The number of likely N-dealkylation sites (tertiary alicyclic amines) is 1. The van der Waals surface area contributed by atoms with E-state index in [0.717, 1.165) is 36.8 Å². The van der Waals surface area contributed by atoms with E-state index in [0.29, 0.717) is 5.92 Å². The van der Waals surface area contributed by atoms with Crippen molar-refractivity contribution in [2.75, 3.05) is 13.1 Å². The lowest BCUT2D eigenvalue weighted by atomic mass is 9.95. The van der Waals surface area contributed by atoms with Gasteiger partial charge in [0.1, 0.15) is 0 Å².